The molecule has 0 heterocycles. The Bertz CT molecular complexity index is 443. The van der Waals surface area contributed by atoms with Crippen LogP contribution in [0.4, 0.5) is 0 Å². The van der Waals surface area contributed by atoms with Crippen LogP contribution in [-0.4, -0.2) is 5.97 Å². The second-order valence-corrected chi connectivity index (χ2v) is 4.02. The van der Waals surface area contributed by atoms with Crippen molar-refractivity contribution in [3.8, 4) is 6.07 Å². The summed E-state index contributed by atoms with van der Waals surface area (Å²) in [6.45, 7) is 7.12. The van der Waals surface area contributed by atoms with Gasteiger partial charge in [-0.3, -0.25) is 4.79 Å². The predicted octanol–water partition coefficient (Wildman–Crippen LogP) is 3.01. The van der Waals surface area contributed by atoms with Gasteiger partial charge in [0.15, 0.2) is 6.10 Å². The van der Waals surface area contributed by atoms with Crippen molar-refractivity contribution in [2.24, 2.45) is 5.92 Å². The summed E-state index contributed by atoms with van der Waals surface area (Å²) >= 11 is 0. The van der Waals surface area contributed by atoms with E-state index in [-0.39, 0.29) is 17.5 Å². The Kier molecular flexibility index (Phi) is 4.47. The zero-order valence-electron chi connectivity index (χ0n) is 10.0. The second-order valence-electron chi connectivity index (χ2n) is 4.02. The van der Waals surface area contributed by atoms with Crippen LogP contribution in [0.3, 0.4) is 0 Å². The molecule has 1 aromatic rings. The van der Waals surface area contributed by atoms with Gasteiger partial charge in [0.1, 0.15) is 0 Å². The Balaban J connectivity index is 2.95. The molecule has 0 bridgehead atoms. The van der Waals surface area contributed by atoms with Crippen LogP contribution in [0.2, 0.25) is 0 Å². The van der Waals surface area contributed by atoms with Gasteiger partial charge in [0.25, 0.3) is 0 Å². The van der Waals surface area contributed by atoms with Gasteiger partial charge in [0.05, 0.1) is 17.6 Å². The molecule has 1 rings (SSSR count). The zero-order chi connectivity index (χ0) is 12.8. The summed E-state index contributed by atoms with van der Waals surface area (Å²) in [7, 11) is 0. The van der Waals surface area contributed by atoms with E-state index in [1.807, 2.05) is 24.3 Å². The zero-order valence-corrected chi connectivity index (χ0v) is 10.0. The third kappa shape index (κ3) is 3.46. The number of benzene rings is 1. The number of rotatable bonds is 4. The van der Waals surface area contributed by atoms with Crippen molar-refractivity contribution in [1.29, 1.82) is 5.26 Å². The molecule has 1 aromatic carbocycles. The third-order valence-corrected chi connectivity index (χ3v) is 2.27. The molecule has 0 N–H and O–H groups in total. The quantitative estimate of drug-likeness (QED) is 0.589. The summed E-state index contributed by atoms with van der Waals surface area (Å²) in [5.41, 5.74) is 0.984. The van der Waals surface area contributed by atoms with Crippen LogP contribution >= 0.6 is 0 Å². The Morgan fingerprint density at radius 3 is 2.41 bits per heavy atom. The molecule has 0 saturated heterocycles. The average molecular weight is 229 g/mol. The lowest BCUT2D eigenvalue weighted by Gasteiger charge is -2.18. The van der Waals surface area contributed by atoms with Crippen LogP contribution in [-0.2, 0) is 9.53 Å². The van der Waals surface area contributed by atoms with E-state index in [2.05, 4.69) is 6.58 Å². The number of nitrogens with zero attached hydrogens (tertiary/aromatic N) is 1. The molecular formula is C14H15NO2. The fourth-order valence-corrected chi connectivity index (χ4v) is 1.28. The summed E-state index contributed by atoms with van der Waals surface area (Å²) in [5, 5.41) is 8.88. The number of nitriles is 1. The van der Waals surface area contributed by atoms with Crippen molar-refractivity contribution in [2.45, 2.75) is 20.0 Å². The number of ether oxygens (including phenoxy) is 1. The number of carbonyl (C=O) groups excluding carboxylic acids is 1. The van der Waals surface area contributed by atoms with Crippen molar-refractivity contribution in [3.63, 3.8) is 0 Å². The van der Waals surface area contributed by atoms with Gasteiger partial charge in [-0.2, -0.15) is 5.26 Å². The average Bonchev–Trinajstić information content (AvgIpc) is 2.35. The first-order valence-electron chi connectivity index (χ1n) is 5.40. The molecule has 17 heavy (non-hydrogen) atoms. The highest BCUT2D eigenvalue weighted by atomic mass is 16.5. The molecule has 0 radical (unpaired) electrons. The molecule has 88 valence electrons. The largest absolute Gasteiger partial charge is 0.452 e. The Morgan fingerprint density at radius 2 is 1.94 bits per heavy atom. The monoisotopic (exact) mass is 229 g/mol. The molecule has 0 aliphatic carbocycles. The molecule has 3 heteroatoms. The van der Waals surface area contributed by atoms with Gasteiger partial charge in [0, 0.05) is 0 Å². The number of carbonyl (C=O) groups is 1. The Morgan fingerprint density at radius 1 is 1.35 bits per heavy atom. The van der Waals surface area contributed by atoms with Gasteiger partial charge in [-0.05, 0) is 5.56 Å². The number of hydrogen-bond acceptors (Lipinski definition) is 3. The minimum Gasteiger partial charge on any atom is -0.452 e. The van der Waals surface area contributed by atoms with Gasteiger partial charge in [-0.25, -0.2) is 0 Å². The topological polar surface area (TPSA) is 50.1 Å². The lowest BCUT2D eigenvalue weighted by molar-refractivity contribution is -0.151. The van der Waals surface area contributed by atoms with E-state index in [1.54, 1.807) is 26.0 Å². The van der Waals surface area contributed by atoms with Crippen molar-refractivity contribution >= 4 is 5.97 Å². The summed E-state index contributed by atoms with van der Waals surface area (Å²) in [6.07, 6.45) is -0.684. The summed E-state index contributed by atoms with van der Waals surface area (Å²) < 4.78 is 5.29. The molecule has 0 spiro atoms. The molecule has 0 saturated carbocycles. The van der Waals surface area contributed by atoms with Crippen LogP contribution in [0.1, 0.15) is 25.5 Å². The highest BCUT2D eigenvalue weighted by Gasteiger charge is 2.21. The number of hydrogen-bond donors (Lipinski definition) is 0. The first-order chi connectivity index (χ1) is 8.06. The van der Waals surface area contributed by atoms with Crippen LogP contribution in [0.25, 0.3) is 0 Å². The van der Waals surface area contributed by atoms with Crippen molar-refractivity contribution in [2.75, 3.05) is 0 Å². The lowest BCUT2D eigenvalue weighted by atomic mass is 10.0. The normalized spacial score (nSPS) is 11.6. The minimum atomic E-state index is -0.684. The number of esters is 1. The molecule has 3 nitrogen and oxygen atoms in total. The van der Waals surface area contributed by atoms with Gasteiger partial charge < -0.3 is 4.74 Å². The smallest absolute Gasteiger partial charge is 0.309 e. The van der Waals surface area contributed by atoms with Crippen LogP contribution in [0.15, 0.2) is 42.5 Å². The highest BCUT2D eigenvalue weighted by molar-refractivity contribution is 5.72. The van der Waals surface area contributed by atoms with Gasteiger partial charge in [-0.15, -0.1) is 0 Å². The molecule has 0 amide bonds. The molecule has 0 fully saturated rings. The van der Waals surface area contributed by atoms with Gasteiger partial charge in [-0.1, -0.05) is 50.8 Å². The standard InChI is InChI=1S/C14H15NO2/c1-10(2)14(16)17-13(11(3)9-15)12-7-5-4-6-8-12/h4-8,10,13H,3H2,1-2H3. The molecule has 0 aliphatic rings. The first kappa shape index (κ1) is 13.0. The van der Waals surface area contributed by atoms with Crippen molar-refractivity contribution in [1.82, 2.24) is 0 Å². The maximum atomic E-state index is 11.6. The molecule has 1 unspecified atom stereocenters. The van der Waals surface area contributed by atoms with E-state index < -0.39 is 6.10 Å². The van der Waals surface area contributed by atoms with Crippen molar-refractivity contribution < 1.29 is 9.53 Å². The van der Waals surface area contributed by atoms with Crippen molar-refractivity contribution in [3.05, 3.63) is 48.0 Å². The minimum absolute atomic E-state index is 0.227. The maximum Gasteiger partial charge on any atom is 0.309 e. The van der Waals surface area contributed by atoms with E-state index in [4.69, 9.17) is 10.00 Å². The van der Waals surface area contributed by atoms with Crippen LogP contribution in [0, 0.1) is 17.2 Å². The fraction of sp³-hybridized carbons (Fsp3) is 0.286. The van der Waals surface area contributed by atoms with Crippen LogP contribution in [0.5, 0.6) is 0 Å². The van der Waals surface area contributed by atoms with E-state index in [0.29, 0.717) is 0 Å². The summed E-state index contributed by atoms with van der Waals surface area (Å²) in [4.78, 5) is 11.6. The molecule has 0 aromatic heterocycles. The van der Waals surface area contributed by atoms with Gasteiger partial charge >= 0.3 is 5.97 Å². The molecular weight excluding hydrogens is 214 g/mol. The van der Waals surface area contributed by atoms with E-state index >= 15 is 0 Å². The Labute approximate surface area is 101 Å². The molecule has 0 aliphatic heterocycles. The third-order valence-electron chi connectivity index (χ3n) is 2.27. The SMILES string of the molecule is C=C(C#N)C(OC(=O)C(C)C)c1ccccc1. The second kappa shape index (κ2) is 5.86. The maximum absolute atomic E-state index is 11.6. The van der Waals surface area contributed by atoms with E-state index in [9.17, 15) is 4.79 Å². The summed E-state index contributed by atoms with van der Waals surface area (Å²) in [6, 6.07) is 11.1. The van der Waals surface area contributed by atoms with E-state index in [1.165, 1.54) is 0 Å². The summed E-state index contributed by atoms with van der Waals surface area (Å²) in [5.74, 6) is -0.567. The Hall–Kier alpha value is -2.08. The fourth-order valence-electron chi connectivity index (χ4n) is 1.28. The predicted molar refractivity (Wildman–Crippen MR) is 64.9 cm³/mol. The van der Waals surface area contributed by atoms with E-state index in [0.717, 1.165) is 5.56 Å². The lowest BCUT2D eigenvalue weighted by Crippen LogP contribution is -2.17. The molecule has 1 atom stereocenters. The van der Waals surface area contributed by atoms with Crippen LogP contribution < -0.4 is 0 Å². The first-order valence-corrected chi connectivity index (χ1v) is 5.40. The van der Waals surface area contributed by atoms with Gasteiger partial charge in [0.2, 0.25) is 0 Å². The highest BCUT2D eigenvalue weighted by Crippen LogP contribution is 2.25.